The number of aliphatic hydroxyl groups excluding tert-OH is 1. The Bertz CT molecular complexity index is 206. The third kappa shape index (κ3) is 3.33. The maximum atomic E-state index is 11.1. The average molecular weight is 219 g/mol. The monoisotopic (exact) mass is 219 g/mol. The molecule has 1 rings (SSSR count). The lowest BCUT2D eigenvalue weighted by molar-refractivity contribution is 0.0368. The lowest BCUT2D eigenvalue weighted by atomic mass is 9.87. The van der Waals surface area contributed by atoms with Crippen molar-refractivity contribution in [3.63, 3.8) is 0 Å². The number of hydrogen-bond acceptors (Lipinski definition) is 3. The minimum absolute atomic E-state index is 0.0706. The molecule has 0 aliphatic carbocycles. The van der Waals surface area contributed by atoms with Gasteiger partial charge in [-0.05, 0) is 6.92 Å². The highest BCUT2D eigenvalue weighted by Crippen LogP contribution is 2.22. The average Bonchev–Trinajstić information content (AvgIpc) is 2.08. The molecule has 3 nitrogen and oxygen atoms in total. The van der Waals surface area contributed by atoms with E-state index in [1.54, 1.807) is 0 Å². The van der Waals surface area contributed by atoms with E-state index in [0.717, 1.165) is 31.1 Å². The summed E-state index contributed by atoms with van der Waals surface area (Å²) >= 11 is 0. The van der Waals surface area contributed by atoms with Crippen LogP contribution < -0.4 is 0 Å². The second-order valence-electron chi connectivity index (χ2n) is 4.79. The summed E-state index contributed by atoms with van der Waals surface area (Å²) in [5, 5.41) is 9.58. The van der Waals surface area contributed by atoms with Crippen LogP contribution >= 0.6 is 0 Å². The van der Waals surface area contributed by atoms with E-state index in [9.17, 15) is 9.32 Å². The second-order valence-corrected chi connectivity index (χ2v) is 6.48. The molecule has 84 valence electrons. The molecule has 1 atom stereocenters. The smallest absolute Gasteiger partial charge is 0.0575 e. The molecular formula is C10H21NO2S. The van der Waals surface area contributed by atoms with Gasteiger partial charge in [-0.1, -0.05) is 13.8 Å². The molecule has 0 radical (unpaired) electrons. The fourth-order valence-corrected chi connectivity index (χ4v) is 2.67. The summed E-state index contributed by atoms with van der Waals surface area (Å²) in [6.45, 7) is 8.68. The van der Waals surface area contributed by atoms with Crippen molar-refractivity contribution in [1.82, 2.24) is 4.90 Å². The van der Waals surface area contributed by atoms with Gasteiger partial charge < -0.3 is 10.0 Å². The molecule has 1 unspecified atom stereocenters. The van der Waals surface area contributed by atoms with Gasteiger partial charge in [0.15, 0.2) is 0 Å². The van der Waals surface area contributed by atoms with Gasteiger partial charge in [-0.15, -0.1) is 0 Å². The number of nitrogens with zero attached hydrogens (tertiary/aromatic N) is 1. The maximum absolute atomic E-state index is 11.1. The number of rotatable bonds is 3. The van der Waals surface area contributed by atoms with Crippen molar-refractivity contribution >= 4 is 10.8 Å². The fourth-order valence-electron chi connectivity index (χ4n) is 1.54. The zero-order valence-electron chi connectivity index (χ0n) is 9.32. The van der Waals surface area contributed by atoms with Gasteiger partial charge in [0, 0.05) is 47.4 Å². The number of aliphatic hydroxyl groups is 1. The molecule has 0 aromatic heterocycles. The van der Waals surface area contributed by atoms with Crippen molar-refractivity contribution in [2.75, 3.05) is 31.1 Å². The van der Waals surface area contributed by atoms with E-state index in [0.29, 0.717) is 0 Å². The van der Waals surface area contributed by atoms with Crippen LogP contribution in [0.4, 0.5) is 0 Å². The van der Waals surface area contributed by atoms with Gasteiger partial charge in [0.25, 0.3) is 0 Å². The highest BCUT2D eigenvalue weighted by atomic mass is 32.2. The summed E-state index contributed by atoms with van der Waals surface area (Å²) in [5.74, 6) is 1.58. The summed E-state index contributed by atoms with van der Waals surface area (Å²) in [6.07, 6.45) is -0.296. The third-order valence-corrected chi connectivity index (χ3v) is 4.31. The van der Waals surface area contributed by atoms with Crippen LogP contribution in [0.15, 0.2) is 0 Å². The SMILES string of the molecule is CC(O)C(C)(C)CN1CCS(=O)CC1. The third-order valence-electron chi connectivity index (χ3n) is 3.03. The highest BCUT2D eigenvalue weighted by molar-refractivity contribution is 7.85. The molecule has 1 aliphatic heterocycles. The quantitative estimate of drug-likeness (QED) is 0.749. The zero-order valence-corrected chi connectivity index (χ0v) is 10.1. The van der Waals surface area contributed by atoms with Crippen molar-refractivity contribution in [1.29, 1.82) is 0 Å². The van der Waals surface area contributed by atoms with E-state index >= 15 is 0 Å². The Morgan fingerprint density at radius 1 is 1.43 bits per heavy atom. The summed E-state index contributed by atoms with van der Waals surface area (Å²) in [7, 11) is -0.604. The van der Waals surface area contributed by atoms with Gasteiger partial charge in [-0.25, -0.2) is 0 Å². The van der Waals surface area contributed by atoms with Gasteiger partial charge in [0.05, 0.1) is 6.10 Å². The van der Waals surface area contributed by atoms with Crippen molar-refractivity contribution in [3.8, 4) is 0 Å². The molecule has 0 bridgehead atoms. The topological polar surface area (TPSA) is 40.5 Å². The molecule has 0 aromatic carbocycles. The van der Waals surface area contributed by atoms with E-state index in [1.807, 2.05) is 6.92 Å². The summed E-state index contributed by atoms with van der Waals surface area (Å²) < 4.78 is 11.1. The largest absolute Gasteiger partial charge is 0.393 e. The second kappa shape index (κ2) is 4.73. The van der Waals surface area contributed by atoms with E-state index in [1.165, 1.54) is 0 Å². The normalized spacial score (nSPS) is 23.7. The van der Waals surface area contributed by atoms with Crippen molar-refractivity contribution < 1.29 is 9.32 Å². The first kappa shape index (κ1) is 12.1. The van der Waals surface area contributed by atoms with Crippen LogP contribution in [0.3, 0.4) is 0 Å². The van der Waals surface area contributed by atoms with Crippen LogP contribution in [0, 0.1) is 5.41 Å². The highest BCUT2D eigenvalue weighted by Gasteiger charge is 2.28. The molecule has 0 aromatic rings. The number of hydrogen-bond donors (Lipinski definition) is 1. The molecule has 1 N–H and O–H groups in total. The van der Waals surface area contributed by atoms with Gasteiger partial charge in [0.2, 0.25) is 0 Å². The summed E-state index contributed by atoms with van der Waals surface area (Å²) in [4.78, 5) is 2.30. The molecule has 1 heterocycles. The standard InChI is InChI=1S/C10H21NO2S/c1-9(12)10(2,3)8-11-4-6-14(13)7-5-11/h9,12H,4-8H2,1-3H3. The van der Waals surface area contributed by atoms with Gasteiger partial charge in [-0.3, -0.25) is 4.21 Å². The Balaban J connectivity index is 2.41. The summed E-state index contributed by atoms with van der Waals surface area (Å²) in [6, 6.07) is 0. The Morgan fingerprint density at radius 2 is 1.93 bits per heavy atom. The van der Waals surface area contributed by atoms with E-state index in [2.05, 4.69) is 18.7 Å². The van der Waals surface area contributed by atoms with Crippen molar-refractivity contribution in [3.05, 3.63) is 0 Å². The first-order valence-electron chi connectivity index (χ1n) is 5.17. The molecule has 0 amide bonds. The van der Waals surface area contributed by atoms with Crippen LogP contribution in [0.1, 0.15) is 20.8 Å². The van der Waals surface area contributed by atoms with Gasteiger partial charge >= 0.3 is 0 Å². The van der Waals surface area contributed by atoms with Gasteiger partial charge in [0.1, 0.15) is 0 Å². The van der Waals surface area contributed by atoms with Gasteiger partial charge in [-0.2, -0.15) is 0 Å². The Kier molecular flexibility index (Phi) is 4.10. The predicted octanol–water partition coefficient (Wildman–Crippen LogP) is 0.458. The molecule has 1 aliphatic rings. The lowest BCUT2D eigenvalue weighted by Crippen LogP contribution is -2.45. The lowest BCUT2D eigenvalue weighted by Gasteiger charge is -2.36. The molecule has 1 fully saturated rings. The zero-order chi connectivity index (χ0) is 10.8. The molecule has 1 saturated heterocycles. The van der Waals surface area contributed by atoms with Crippen LogP contribution in [0.5, 0.6) is 0 Å². The molecule has 0 saturated carbocycles. The Hall–Kier alpha value is 0.0700. The predicted molar refractivity (Wildman–Crippen MR) is 59.8 cm³/mol. The maximum Gasteiger partial charge on any atom is 0.0575 e. The molecule has 4 heteroatoms. The molecule has 0 spiro atoms. The minimum atomic E-state index is -0.604. The van der Waals surface area contributed by atoms with Crippen molar-refractivity contribution in [2.45, 2.75) is 26.9 Å². The van der Waals surface area contributed by atoms with Crippen molar-refractivity contribution in [2.24, 2.45) is 5.41 Å². The fraction of sp³-hybridized carbons (Fsp3) is 1.00. The Morgan fingerprint density at radius 3 is 2.36 bits per heavy atom. The van der Waals surface area contributed by atoms with Crippen LogP contribution in [-0.2, 0) is 10.8 Å². The Labute approximate surface area is 88.9 Å². The first-order chi connectivity index (χ1) is 6.42. The van der Waals surface area contributed by atoms with E-state index < -0.39 is 10.8 Å². The summed E-state index contributed by atoms with van der Waals surface area (Å²) in [5.41, 5.74) is -0.0706. The van der Waals surface area contributed by atoms with Crippen LogP contribution in [-0.4, -0.2) is 51.5 Å². The van der Waals surface area contributed by atoms with E-state index in [-0.39, 0.29) is 11.5 Å². The molecular weight excluding hydrogens is 198 g/mol. The molecule has 14 heavy (non-hydrogen) atoms. The minimum Gasteiger partial charge on any atom is -0.393 e. The first-order valence-corrected chi connectivity index (χ1v) is 6.66. The van der Waals surface area contributed by atoms with Crippen LogP contribution in [0.25, 0.3) is 0 Å². The van der Waals surface area contributed by atoms with Crippen LogP contribution in [0.2, 0.25) is 0 Å². The van der Waals surface area contributed by atoms with E-state index in [4.69, 9.17) is 0 Å².